The summed E-state index contributed by atoms with van der Waals surface area (Å²) in [6.45, 7) is 0.703. The first-order valence-corrected chi connectivity index (χ1v) is 10.0. The average Bonchev–Trinajstić information content (AvgIpc) is 3.27. The Morgan fingerprint density at radius 2 is 2.08 bits per heavy atom. The summed E-state index contributed by atoms with van der Waals surface area (Å²) in [6, 6.07) is 1.38. The molecule has 0 aromatic carbocycles. The fraction of sp³-hybridized carbons (Fsp3) is 0.562. The van der Waals surface area contributed by atoms with Crippen molar-refractivity contribution in [3.63, 3.8) is 0 Å². The molecule has 2 aliphatic rings. The van der Waals surface area contributed by atoms with Gasteiger partial charge in [-0.05, 0) is 44.1 Å². The van der Waals surface area contributed by atoms with Crippen molar-refractivity contribution < 1.29 is 12.9 Å². The van der Waals surface area contributed by atoms with Crippen LogP contribution in [0.15, 0.2) is 32.7 Å². The van der Waals surface area contributed by atoms with Gasteiger partial charge in [-0.15, -0.1) is 0 Å². The Kier molecular flexibility index (Phi) is 4.20. The fourth-order valence-electron chi connectivity index (χ4n) is 3.70. The highest BCUT2D eigenvalue weighted by Crippen LogP contribution is 2.26. The van der Waals surface area contributed by atoms with Crippen LogP contribution in [0.2, 0.25) is 0 Å². The zero-order valence-electron chi connectivity index (χ0n) is 13.8. The van der Waals surface area contributed by atoms with Crippen molar-refractivity contribution >= 4 is 10.0 Å². The van der Waals surface area contributed by atoms with Gasteiger partial charge in [0.05, 0.1) is 18.4 Å². The minimum Gasteiger partial charge on any atom is -0.363 e. The minimum atomic E-state index is -3.66. The molecule has 2 aromatic heterocycles. The lowest BCUT2D eigenvalue weighted by molar-refractivity contribution is 0.332. The summed E-state index contributed by atoms with van der Waals surface area (Å²) >= 11 is 0. The highest BCUT2D eigenvalue weighted by molar-refractivity contribution is 7.89. The second-order valence-corrected chi connectivity index (χ2v) is 8.51. The van der Waals surface area contributed by atoms with Gasteiger partial charge in [-0.25, -0.2) is 13.1 Å². The van der Waals surface area contributed by atoms with E-state index in [1.165, 1.54) is 15.2 Å². The Morgan fingerprint density at radius 1 is 1.24 bits per heavy atom. The van der Waals surface area contributed by atoms with Gasteiger partial charge in [0, 0.05) is 18.7 Å². The first-order chi connectivity index (χ1) is 12.1. The Hall–Kier alpha value is -2.00. The van der Waals surface area contributed by atoms with E-state index >= 15 is 0 Å². The van der Waals surface area contributed by atoms with Crippen LogP contribution in [-0.4, -0.2) is 40.2 Å². The van der Waals surface area contributed by atoms with Crippen molar-refractivity contribution in [2.24, 2.45) is 0 Å². The van der Waals surface area contributed by atoms with Crippen LogP contribution in [0.5, 0.6) is 0 Å². The summed E-state index contributed by atoms with van der Waals surface area (Å²) in [5, 5.41) is 7.99. The number of aryl methyl sites for hydroxylation is 2. The molecule has 1 unspecified atom stereocenters. The zero-order chi connectivity index (χ0) is 17.4. The molecule has 0 N–H and O–H groups in total. The van der Waals surface area contributed by atoms with E-state index in [9.17, 15) is 13.2 Å². The van der Waals surface area contributed by atoms with Crippen LogP contribution in [0.1, 0.15) is 36.9 Å². The van der Waals surface area contributed by atoms with E-state index in [1.807, 2.05) is 0 Å². The van der Waals surface area contributed by atoms with Crippen LogP contribution in [0.4, 0.5) is 0 Å². The highest BCUT2D eigenvalue weighted by Gasteiger charge is 2.36. The molecule has 1 fully saturated rings. The summed E-state index contributed by atoms with van der Waals surface area (Å²) in [5.41, 5.74) is 1.85. The molecule has 3 heterocycles. The van der Waals surface area contributed by atoms with Gasteiger partial charge in [-0.2, -0.15) is 9.40 Å². The largest absolute Gasteiger partial charge is 0.363 e. The second-order valence-electron chi connectivity index (χ2n) is 6.62. The van der Waals surface area contributed by atoms with E-state index in [2.05, 4.69) is 14.8 Å². The summed E-state index contributed by atoms with van der Waals surface area (Å²) in [7, 11) is -3.66. The average molecular weight is 364 g/mol. The third-order valence-electron chi connectivity index (χ3n) is 5.00. The molecule has 1 aliphatic heterocycles. The highest BCUT2D eigenvalue weighted by atomic mass is 32.2. The molecule has 25 heavy (non-hydrogen) atoms. The fourth-order valence-corrected chi connectivity index (χ4v) is 5.24. The summed E-state index contributed by atoms with van der Waals surface area (Å²) < 4.78 is 33.0. The van der Waals surface area contributed by atoms with Crippen molar-refractivity contribution in [3.8, 4) is 0 Å². The number of hydrogen-bond donors (Lipinski definition) is 0. The molecule has 2 aromatic rings. The minimum absolute atomic E-state index is 0.0464. The quantitative estimate of drug-likeness (QED) is 0.801. The van der Waals surface area contributed by atoms with E-state index in [0.717, 1.165) is 49.6 Å². The number of sulfonamides is 1. The number of aromatic nitrogens is 3. The van der Waals surface area contributed by atoms with Gasteiger partial charge < -0.3 is 4.52 Å². The molecule has 9 heteroatoms. The molecule has 1 aliphatic carbocycles. The molecule has 0 bridgehead atoms. The van der Waals surface area contributed by atoms with Crippen molar-refractivity contribution in [1.82, 2.24) is 19.2 Å². The van der Waals surface area contributed by atoms with Crippen molar-refractivity contribution in [2.75, 3.05) is 6.54 Å². The van der Waals surface area contributed by atoms with Crippen molar-refractivity contribution in [2.45, 2.75) is 56.0 Å². The molecule has 0 radical (unpaired) electrons. The molecule has 1 atom stereocenters. The second kappa shape index (κ2) is 6.38. The third kappa shape index (κ3) is 3.02. The smallest absolute Gasteiger partial charge is 0.267 e. The van der Waals surface area contributed by atoms with E-state index in [-0.39, 0.29) is 23.0 Å². The Labute approximate surface area is 145 Å². The number of rotatable bonds is 4. The van der Waals surface area contributed by atoms with Crippen LogP contribution >= 0.6 is 0 Å². The Bertz CT molecular complexity index is 920. The van der Waals surface area contributed by atoms with Gasteiger partial charge in [-0.3, -0.25) is 4.79 Å². The van der Waals surface area contributed by atoms with E-state index in [1.54, 1.807) is 6.07 Å². The van der Waals surface area contributed by atoms with Crippen molar-refractivity contribution in [1.29, 1.82) is 0 Å². The van der Waals surface area contributed by atoms with Crippen LogP contribution in [0.3, 0.4) is 0 Å². The van der Waals surface area contributed by atoms with E-state index in [0.29, 0.717) is 13.0 Å². The number of hydrogen-bond acceptors (Lipinski definition) is 6. The first-order valence-electron chi connectivity index (χ1n) is 8.57. The maximum absolute atomic E-state index is 12.7. The van der Waals surface area contributed by atoms with Gasteiger partial charge in [0.25, 0.3) is 5.56 Å². The van der Waals surface area contributed by atoms with Crippen LogP contribution in [0, 0.1) is 0 Å². The standard InChI is InChI=1S/C16H20N4O4S/c21-16-8-12-4-1-2-6-15(12)18-19(16)10-13-5-3-7-20(13)25(22,23)14-9-17-24-11-14/h8-9,11,13H,1-7,10H2. The third-order valence-corrected chi connectivity index (χ3v) is 6.89. The lowest BCUT2D eigenvalue weighted by Crippen LogP contribution is -2.40. The lowest BCUT2D eigenvalue weighted by atomic mass is 9.97. The number of nitrogens with zero attached hydrogens (tertiary/aromatic N) is 4. The molecule has 0 spiro atoms. The van der Waals surface area contributed by atoms with Gasteiger partial charge in [0.15, 0.2) is 0 Å². The first kappa shape index (κ1) is 16.5. The molecule has 8 nitrogen and oxygen atoms in total. The maximum atomic E-state index is 12.7. The molecular weight excluding hydrogens is 344 g/mol. The van der Waals surface area contributed by atoms with Crippen LogP contribution < -0.4 is 5.56 Å². The van der Waals surface area contributed by atoms with E-state index in [4.69, 9.17) is 0 Å². The van der Waals surface area contributed by atoms with Gasteiger partial charge >= 0.3 is 0 Å². The normalized spacial score (nSPS) is 21.4. The predicted molar refractivity (Wildman–Crippen MR) is 88.6 cm³/mol. The zero-order valence-corrected chi connectivity index (χ0v) is 14.6. The monoisotopic (exact) mass is 364 g/mol. The molecule has 0 saturated carbocycles. The van der Waals surface area contributed by atoms with E-state index < -0.39 is 10.0 Å². The Balaban J connectivity index is 1.61. The van der Waals surface area contributed by atoms with Crippen molar-refractivity contribution in [3.05, 3.63) is 40.1 Å². The number of fused-ring (bicyclic) bond motifs is 1. The Morgan fingerprint density at radius 3 is 2.88 bits per heavy atom. The summed E-state index contributed by atoms with van der Waals surface area (Å²) in [6.07, 6.45) is 7.74. The van der Waals surface area contributed by atoms with Crippen LogP contribution in [-0.2, 0) is 29.4 Å². The molecule has 0 amide bonds. The predicted octanol–water partition coefficient (Wildman–Crippen LogP) is 0.963. The maximum Gasteiger partial charge on any atom is 0.267 e. The summed E-state index contributed by atoms with van der Waals surface area (Å²) in [5.74, 6) is 0. The van der Waals surface area contributed by atoms with Gasteiger partial charge in [-0.1, -0.05) is 5.16 Å². The lowest BCUT2D eigenvalue weighted by Gasteiger charge is -2.24. The van der Waals surface area contributed by atoms with Gasteiger partial charge in [0.1, 0.15) is 11.2 Å². The van der Waals surface area contributed by atoms with Crippen LogP contribution in [0.25, 0.3) is 0 Å². The molecule has 1 saturated heterocycles. The molecule has 134 valence electrons. The summed E-state index contributed by atoms with van der Waals surface area (Å²) in [4.78, 5) is 12.4. The molecule has 4 rings (SSSR count). The van der Waals surface area contributed by atoms with Gasteiger partial charge in [0.2, 0.25) is 10.0 Å². The topological polar surface area (TPSA) is 98.3 Å². The SMILES string of the molecule is O=c1cc2c(nn1CC1CCCN1S(=O)(=O)c1cnoc1)CCCC2. The molecular formula is C16H20N4O4S.